The second kappa shape index (κ2) is 7.77. The van der Waals surface area contributed by atoms with Crippen LogP contribution in [-0.4, -0.2) is 48.2 Å². The second-order valence-electron chi connectivity index (χ2n) is 7.53. The normalized spacial score (nSPS) is 18.0. The summed E-state index contributed by atoms with van der Waals surface area (Å²) in [4.78, 5) is 26.1. The number of fused-ring (bicyclic) bond motifs is 1. The van der Waals surface area contributed by atoms with Gasteiger partial charge in [-0.05, 0) is 37.1 Å². The number of aromatic nitrogens is 1. The van der Waals surface area contributed by atoms with Crippen LogP contribution in [0.4, 0.5) is 0 Å². The summed E-state index contributed by atoms with van der Waals surface area (Å²) in [7, 11) is -0.584. The minimum absolute atomic E-state index is 0.0430. The molecule has 3 aromatic rings. The number of nitrogens with zero attached hydrogens (tertiary/aromatic N) is 3. The summed E-state index contributed by atoms with van der Waals surface area (Å²) in [5.74, 6) is -0.422. The van der Waals surface area contributed by atoms with Crippen molar-refractivity contribution in [2.45, 2.75) is 24.3 Å². The number of rotatable bonds is 5. The molecule has 160 valence electrons. The number of hydrogen-bond donors (Lipinski definition) is 0. The van der Waals surface area contributed by atoms with Gasteiger partial charge in [0.25, 0.3) is 0 Å². The van der Waals surface area contributed by atoms with Gasteiger partial charge in [-0.25, -0.2) is 13.2 Å². The smallest absolute Gasteiger partial charge is 0.419 e. The lowest BCUT2D eigenvalue weighted by molar-refractivity contribution is -0.136. The Morgan fingerprint density at radius 3 is 2.83 bits per heavy atom. The van der Waals surface area contributed by atoms with E-state index in [1.165, 1.54) is 21.0 Å². The fourth-order valence-electron chi connectivity index (χ4n) is 3.81. The Bertz CT molecular complexity index is 1230. The van der Waals surface area contributed by atoms with Gasteiger partial charge in [-0.3, -0.25) is 9.36 Å². The molecule has 0 N–H and O–H groups in total. The minimum atomic E-state index is -3.83. The fraction of sp³-hybridized carbons (Fsp3) is 0.400. The first kappa shape index (κ1) is 20.4. The summed E-state index contributed by atoms with van der Waals surface area (Å²) in [6.07, 6.45) is 2.76. The Labute approximate surface area is 173 Å². The first-order valence-electron chi connectivity index (χ1n) is 9.64. The zero-order valence-corrected chi connectivity index (χ0v) is 17.6. The molecule has 1 amide bonds. The molecule has 10 heteroatoms. The third-order valence-electron chi connectivity index (χ3n) is 5.48. The Morgan fingerprint density at radius 2 is 2.10 bits per heavy atom. The minimum Gasteiger partial charge on any atom is -0.467 e. The predicted molar refractivity (Wildman–Crippen MR) is 108 cm³/mol. The van der Waals surface area contributed by atoms with Gasteiger partial charge in [0.15, 0.2) is 5.58 Å². The summed E-state index contributed by atoms with van der Waals surface area (Å²) in [6.45, 7) is 0.782. The van der Waals surface area contributed by atoms with Crippen LogP contribution in [-0.2, 0) is 28.4 Å². The van der Waals surface area contributed by atoms with E-state index in [-0.39, 0.29) is 22.9 Å². The third kappa shape index (κ3) is 3.68. The summed E-state index contributed by atoms with van der Waals surface area (Å²) in [5.41, 5.74) is 0.733. The highest BCUT2D eigenvalue weighted by molar-refractivity contribution is 7.89. The highest BCUT2D eigenvalue weighted by Crippen LogP contribution is 2.27. The van der Waals surface area contributed by atoms with Gasteiger partial charge in [0.05, 0.1) is 29.1 Å². The summed E-state index contributed by atoms with van der Waals surface area (Å²) < 4.78 is 39.4. The number of benzene rings is 1. The Hall–Kier alpha value is -2.85. The van der Waals surface area contributed by atoms with Crippen molar-refractivity contribution in [3.8, 4) is 0 Å². The molecule has 0 aliphatic carbocycles. The molecule has 0 saturated carbocycles. The zero-order chi connectivity index (χ0) is 21.5. The Kier molecular flexibility index (Phi) is 5.29. The molecule has 0 spiro atoms. The maximum absolute atomic E-state index is 13.2. The van der Waals surface area contributed by atoms with Crippen LogP contribution >= 0.6 is 0 Å². The number of furan rings is 1. The summed E-state index contributed by atoms with van der Waals surface area (Å²) >= 11 is 0. The number of oxazole rings is 1. The molecule has 1 aliphatic heterocycles. The standard InChI is InChI=1S/C20H23N3O6S/c1-21(13-15-6-4-10-28-15)19(24)14-5-3-9-23(12-14)30(26,27)16-7-8-17-18(11-16)29-20(25)22(17)2/h4,6-8,10-11,14H,3,5,9,12-13H2,1-2H3/t14-/m1/s1. The van der Waals surface area contributed by atoms with Crippen molar-refractivity contribution in [1.29, 1.82) is 0 Å². The molecule has 0 radical (unpaired) electrons. The van der Waals surface area contributed by atoms with Crippen molar-refractivity contribution in [1.82, 2.24) is 13.8 Å². The molecule has 1 saturated heterocycles. The lowest BCUT2D eigenvalue weighted by atomic mass is 9.98. The van der Waals surface area contributed by atoms with E-state index in [4.69, 9.17) is 8.83 Å². The van der Waals surface area contributed by atoms with Gasteiger partial charge >= 0.3 is 5.76 Å². The van der Waals surface area contributed by atoms with Gasteiger partial charge in [0.1, 0.15) is 5.76 Å². The number of carbonyl (C=O) groups is 1. The van der Waals surface area contributed by atoms with Crippen LogP contribution in [0.15, 0.2) is 55.1 Å². The van der Waals surface area contributed by atoms with E-state index in [1.807, 2.05) is 0 Å². The van der Waals surface area contributed by atoms with Crippen LogP contribution in [0.25, 0.3) is 11.1 Å². The lowest BCUT2D eigenvalue weighted by Gasteiger charge is -2.33. The predicted octanol–water partition coefficient (Wildman–Crippen LogP) is 1.78. The Balaban J connectivity index is 1.53. The van der Waals surface area contributed by atoms with Gasteiger partial charge < -0.3 is 13.7 Å². The van der Waals surface area contributed by atoms with Crippen LogP contribution in [0.1, 0.15) is 18.6 Å². The molecule has 0 bridgehead atoms. The quantitative estimate of drug-likeness (QED) is 0.607. The molecule has 2 aromatic heterocycles. The molecule has 1 aliphatic rings. The molecule has 4 rings (SSSR count). The van der Waals surface area contributed by atoms with Crippen molar-refractivity contribution in [2.75, 3.05) is 20.1 Å². The van der Waals surface area contributed by atoms with E-state index in [0.717, 1.165) is 0 Å². The first-order valence-corrected chi connectivity index (χ1v) is 11.1. The lowest BCUT2D eigenvalue weighted by Crippen LogP contribution is -2.45. The maximum Gasteiger partial charge on any atom is 0.419 e. The van der Waals surface area contributed by atoms with E-state index in [2.05, 4.69) is 0 Å². The number of hydrogen-bond acceptors (Lipinski definition) is 6. The zero-order valence-electron chi connectivity index (χ0n) is 16.8. The van der Waals surface area contributed by atoms with Crippen LogP contribution in [0.2, 0.25) is 0 Å². The van der Waals surface area contributed by atoms with E-state index >= 15 is 0 Å². The fourth-order valence-corrected chi connectivity index (χ4v) is 5.35. The molecule has 9 nitrogen and oxygen atoms in total. The van der Waals surface area contributed by atoms with Crippen molar-refractivity contribution >= 4 is 27.0 Å². The molecular weight excluding hydrogens is 410 g/mol. The summed E-state index contributed by atoms with van der Waals surface area (Å²) in [6, 6.07) is 7.92. The van der Waals surface area contributed by atoms with Crippen LogP contribution < -0.4 is 5.76 Å². The molecule has 1 atom stereocenters. The van der Waals surface area contributed by atoms with Crippen molar-refractivity contribution in [3.05, 3.63) is 52.9 Å². The van der Waals surface area contributed by atoms with Crippen molar-refractivity contribution in [2.24, 2.45) is 13.0 Å². The molecule has 3 heterocycles. The second-order valence-corrected chi connectivity index (χ2v) is 9.47. The van der Waals surface area contributed by atoms with E-state index < -0.39 is 21.7 Å². The highest BCUT2D eigenvalue weighted by atomic mass is 32.2. The molecule has 1 aromatic carbocycles. The monoisotopic (exact) mass is 433 g/mol. The summed E-state index contributed by atoms with van der Waals surface area (Å²) in [5, 5.41) is 0. The maximum atomic E-state index is 13.2. The number of piperidine rings is 1. The van der Waals surface area contributed by atoms with Gasteiger partial charge in [0, 0.05) is 33.3 Å². The number of carbonyl (C=O) groups excluding carboxylic acids is 1. The largest absolute Gasteiger partial charge is 0.467 e. The van der Waals surface area contributed by atoms with E-state index in [1.54, 1.807) is 43.5 Å². The van der Waals surface area contributed by atoms with Crippen molar-refractivity contribution < 1.29 is 22.0 Å². The topological polar surface area (TPSA) is 106 Å². The van der Waals surface area contributed by atoms with Crippen LogP contribution in [0.5, 0.6) is 0 Å². The SMILES string of the molecule is CN(Cc1ccco1)C(=O)[C@@H]1CCCN(S(=O)(=O)c2ccc3c(c2)oc(=O)n3C)C1. The number of amides is 1. The van der Waals surface area contributed by atoms with E-state index in [0.29, 0.717) is 37.2 Å². The van der Waals surface area contributed by atoms with Crippen LogP contribution in [0.3, 0.4) is 0 Å². The average molecular weight is 433 g/mol. The average Bonchev–Trinajstić information content (AvgIpc) is 3.35. The molecular formula is C20H23N3O6S. The van der Waals surface area contributed by atoms with Gasteiger partial charge in [-0.15, -0.1) is 0 Å². The molecule has 1 fully saturated rings. The van der Waals surface area contributed by atoms with Crippen LogP contribution in [0, 0.1) is 5.92 Å². The van der Waals surface area contributed by atoms with Gasteiger partial charge in [0.2, 0.25) is 15.9 Å². The van der Waals surface area contributed by atoms with E-state index in [9.17, 15) is 18.0 Å². The highest BCUT2D eigenvalue weighted by Gasteiger charge is 2.34. The number of aryl methyl sites for hydroxylation is 1. The number of sulfonamides is 1. The molecule has 0 unspecified atom stereocenters. The van der Waals surface area contributed by atoms with Crippen molar-refractivity contribution in [3.63, 3.8) is 0 Å². The Morgan fingerprint density at radius 1 is 1.30 bits per heavy atom. The van der Waals surface area contributed by atoms with Gasteiger partial charge in [-0.2, -0.15) is 4.31 Å². The first-order chi connectivity index (χ1) is 14.3. The van der Waals surface area contributed by atoms with Gasteiger partial charge in [-0.1, -0.05) is 0 Å². The molecule has 30 heavy (non-hydrogen) atoms. The third-order valence-corrected chi connectivity index (χ3v) is 7.35.